The number of hydrogen-bond acceptors (Lipinski definition) is 12. The van der Waals surface area contributed by atoms with E-state index in [0.717, 1.165) is 0 Å². The molecule has 0 atom stereocenters. The van der Waals surface area contributed by atoms with Crippen LogP contribution in [0.25, 0.3) is 0 Å². The zero-order valence-electron chi connectivity index (χ0n) is 31.0. The van der Waals surface area contributed by atoms with Crippen LogP contribution in [0.4, 0.5) is 0 Å². The molecule has 282 valence electrons. The maximum Gasteiger partial charge on any atom is 0.324 e. The first-order valence-electron chi connectivity index (χ1n) is 17.3. The average molecular weight is 715 g/mol. The first kappa shape index (κ1) is 44.3. The number of hydrogen-bond donors (Lipinski definition) is 0. The van der Waals surface area contributed by atoms with Gasteiger partial charge in [0.05, 0.1) is 39.6 Å². The summed E-state index contributed by atoms with van der Waals surface area (Å²) in [4.78, 5) is 81.5. The Morgan fingerprint density at radius 1 is 0.431 bits per heavy atom. The van der Waals surface area contributed by atoms with Crippen LogP contribution in [0, 0.1) is 16.2 Å². The molecule has 1 aromatic rings. The molecule has 0 aliphatic heterocycles. The first-order chi connectivity index (χ1) is 24.3. The molecule has 0 spiro atoms. The Labute approximate surface area is 301 Å². The van der Waals surface area contributed by atoms with E-state index < -0.39 is 52.1 Å². The zero-order chi connectivity index (χ0) is 38.7. The molecule has 0 N–H and O–H groups in total. The van der Waals surface area contributed by atoms with Gasteiger partial charge in [0.2, 0.25) is 0 Å². The molecule has 1 aromatic carbocycles. The van der Waals surface area contributed by atoms with Crippen molar-refractivity contribution in [1.29, 1.82) is 0 Å². The van der Waals surface area contributed by atoms with Gasteiger partial charge >= 0.3 is 35.8 Å². The number of esters is 6. The van der Waals surface area contributed by atoms with Crippen molar-refractivity contribution in [3.63, 3.8) is 0 Å². The zero-order valence-corrected chi connectivity index (χ0v) is 31.0. The molecule has 0 radical (unpaired) electrons. The van der Waals surface area contributed by atoms with E-state index in [4.69, 9.17) is 28.4 Å². The van der Waals surface area contributed by atoms with Crippen LogP contribution in [0.3, 0.4) is 0 Å². The Morgan fingerprint density at radius 3 is 0.745 bits per heavy atom. The number of rotatable bonds is 24. The highest BCUT2D eigenvalue weighted by Crippen LogP contribution is 2.38. The third kappa shape index (κ3) is 10.9. The maximum atomic E-state index is 13.6. The second kappa shape index (κ2) is 21.5. The lowest BCUT2D eigenvalue weighted by Gasteiger charge is -2.31. The van der Waals surface area contributed by atoms with Gasteiger partial charge in [-0.3, -0.25) is 28.8 Å². The number of carbonyl (C=O) groups is 6. The van der Waals surface area contributed by atoms with Crippen LogP contribution in [0.15, 0.2) is 56.2 Å². The summed E-state index contributed by atoms with van der Waals surface area (Å²) in [5.74, 6) is -5.04. The van der Waals surface area contributed by atoms with Gasteiger partial charge in [-0.15, -0.1) is 19.7 Å². The molecule has 0 saturated carbocycles. The summed E-state index contributed by atoms with van der Waals surface area (Å²) >= 11 is 0. The minimum Gasteiger partial charge on any atom is -0.465 e. The lowest BCUT2D eigenvalue weighted by Crippen LogP contribution is -2.45. The maximum absolute atomic E-state index is 13.6. The van der Waals surface area contributed by atoms with Crippen molar-refractivity contribution >= 4 is 35.8 Å². The van der Waals surface area contributed by atoms with Crippen LogP contribution in [-0.4, -0.2) is 75.5 Å². The quantitative estimate of drug-likeness (QED) is 0.0584. The topological polar surface area (TPSA) is 158 Å². The van der Waals surface area contributed by atoms with E-state index in [9.17, 15) is 28.8 Å². The SMILES string of the molecule is C=CCC(Cc1cc(CC(CC=C)(C(=O)OCC)C(=O)OCC)cc(CC(CC=C)(C(=O)OCC)C(=O)OCC)c1)(C(=O)OCC)C(=O)OCC. The van der Waals surface area contributed by atoms with Gasteiger partial charge in [0, 0.05) is 0 Å². The minimum absolute atomic E-state index is 0.0191. The monoisotopic (exact) mass is 714 g/mol. The van der Waals surface area contributed by atoms with Gasteiger partial charge in [-0.2, -0.15) is 0 Å². The van der Waals surface area contributed by atoms with Crippen LogP contribution in [-0.2, 0) is 76.5 Å². The summed E-state index contributed by atoms with van der Waals surface area (Å²) in [7, 11) is 0. The van der Waals surface area contributed by atoms with Crippen molar-refractivity contribution in [2.45, 2.75) is 80.1 Å². The number of benzene rings is 1. The summed E-state index contributed by atoms with van der Waals surface area (Å²) in [6.45, 7) is 20.8. The molecule has 0 unspecified atom stereocenters. The standard InChI is InChI=1S/C39H54O12/c1-10-19-37(31(40)46-13-4,32(41)47-14-5)25-28-22-29(26-38(20-11-2,33(42)48-15-6)34(43)49-16-7)24-30(23-28)27-39(21-12-3,35(44)50-17-8)36(45)51-18-9/h10-12,22-24H,1-3,13-21,25-27H2,4-9H3. The Bertz CT molecular complexity index is 1180. The van der Waals surface area contributed by atoms with Gasteiger partial charge in [0.1, 0.15) is 0 Å². The Hall–Kier alpha value is -4.74. The van der Waals surface area contributed by atoms with Crippen LogP contribution >= 0.6 is 0 Å². The van der Waals surface area contributed by atoms with E-state index in [-0.39, 0.29) is 78.2 Å². The molecule has 0 bridgehead atoms. The van der Waals surface area contributed by atoms with Crippen molar-refractivity contribution in [3.8, 4) is 0 Å². The van der Waals surface area contributed by atoms with Crippen molar-refractivity contribution in [3.05, 3.63) is 72.9 Å². The van der Waals surface area contributed by atoms with E-state index in [1.54, 1.807) is 59.7 Å². The fraction of sp³-hybridized carbons (Fsp3) is 0.538. The normalized spacial score (nSPS) is 11.4. The molecule has 0 amide bonds. The molecule has 12 nitrogen and oxygen atoms in total. The predicted octanol–water partition coefficient (Wildman–Crippen LogP) is 5.38. The fourth-order valence-corrected chi connectivity index (χ4v) is 5.95. The van der Waals surface area contributed by atoms with Gasteiger partial charge in [0.15, 0.2) is 16.2 Å². The van der Waals surface area contributed by atoms with Gasteiger partial charge in [-0.1, -0.05) is 36.4 Å². The molecular formula is C39H54O12. The molecular weight excluding hydrogens is 660 g/mol. The van der Waals surface area contributed by atoms with Gasteiger partial charge in [-0.25, -0.2) is 0 Å². The molecule has 1 rings (SSSR count). The molecule has 0 saturated heterocycles. The van der Waals surface area contributed by atoms with Crippen molar-refractivity contribution in [1.82, 2.24) is 0 Å². The molecule has 51 heavy (non-hydrogen) atoms. The van der Waals surface area contributed by atoms with Crippen LogP contribution in [0.1, 0.15) is 77.5 Å². The van der Waals surface area contributed by atoms with Crippen LogP contribution in [0.5, 0.6) is 0 Å². The van der Waals surface area contributed by atoms with E-state index in [0.29, 0.717) is 16.7 Å². The second-order valence-electron chi connectivity index (χ2n) is 11.7. The van der Waals surface area contributed by atoms with Gasteiger partial charge < -0.3 is 28.4 Å². The van der Waals surface area contributed by atoms with E-state index in [1.807, 2.05) is 0 Å². The van der Waals surface area contributed by atoms with Crippen LogP contribution in [0.2, 0.25) is 0 Å². The highest BCUT2D eigenvalue weighted by molar-refractivity contribution is 6.02. The van der Waals surface area contributed by atoms with E-state index in [2.05, 4.69) is 19.7 Å². The fourth-order valence-electron chi connectivity index (χ4n) is 5.95. The number of ether oxygens (including phenoxy) is 6. The van der Waals surface area contributed by atoms with Crippen LogP contribution < -0.4 is 0 Å². The summed E-state index contributed by atoms with van der Waals surface area (Å²) < 4.78 is 32.2. The molecule has 0 aliphatic rings. The summed E-state index contributed by atoms with van der Waals surface area (Å²) in [6.07, 6.45) is 2.98. The lowest BCUT2D eigenvalue weighted by atomic mass is 9.74. The predicted molar refractivity (Wildman–Crippen MR) is 189 cm³/mol. The Balaban J connectivity index is 4.31. The third-order valence-corrected chi connectivity index (χ3v) is 8.11. The van der Waals surface area contributed by atoms with Gasteiger partial charge in [0.25, 0.3) is 0 Å². The second-order valence-corrected chi connectivity index (χ2v) is 11.7. The average Bonchev–Trinajstić information content (AvgIpc) is 3.08. The summed E-state index contributed by atoms with van der Waals surface area (Å²) in [6, 6.07) is 4.87. The third-order valence-electron chi connectivity index (χ3n) is 8.11. The molecule has 0 aromatic heterocycles. The summed E-state index contributed by atoms with van der Waals surface area (Å²) in [5.41, 5.74) is -4.51. The van der Waals surface area contributed by atoms with Crippen molar-refractivity contribution < 1.29 is 57.2 Å². The van der Waals surface area contributed by atoms with Crippen molar-refractivity contribution in [2.75, 3.05) is 39.6 Å². The molecule has 0 heterocycles. The molecule has 12 heteroatoms. The Morgan fingerprint density at radius 2 is 0.608 bits per heavy atom. The van der Waals surface area contributed by atoms with Crippen molar-refractivity contribution in [2.24, 2.45) is 16.2 Å². The first-order valence-corrected chi connectivity index (χ1v) is 17.3. The molecule has 0 fully saturated rings. The lowest BCUT2D eigenvalue weighted by molar-refractivity contribution is -0.173. The minimum atomic E-state index is -1.87. The smallest absolute Gasteiger partial charge is 0.324 e. The largest absolute Gasteiger partial charge is 0.465 e. The highest BCUT2D eigenvalue weighted by atomic mass is 16.6. The van der Waals surface area contributed by atoms with Gasteiger partial charge in [-0.05, 0) is 96.8 Å². The van der Waals surface area contributed by atoms with E-state index in [1.165, 1.54) is 18.2 Å². The number of carbonyl (C=O) groups excluding carboxylic acids is 6. The molecule has 0 aliphatic carbocycles. The Kier molecular flexibility index (Phi) is 18.6. The highest BCUT2D eigenvalue weighted by Gasteiger charge is 2.51. The number of allylic oxidation sites excluding steroid dienone is 3. The van der Waals surface area contributed by atoms with E-state index >= 15 is 0 Å². The summed E-state index contributed by atoms with van der Waals surface area (Å²) in [5, 5.41) is 0.